The number of fused-ring (bicyclic) bond motifs is 3. The van der Waals surface area contributed by atoms with Gasteiger partial charge in [0.25, 0.3) is 5.91 Å². The van der Waals surface area contributed by atoms with Crippen molar-refractivity contribution in [3.8, 4) is 0 Å². The molecule has 0 radical (unpaired) electrons. The Morgan fingerprint density at radius 2 is 1.76 bits per heavy atom. The number of rotatable bonds is 1. The number of benzene rings is 2. The number of carbonyl (C=O) groups is 1. The van der Waals surface area contributed by atoms with Crippen molar-refractivity contribution in [2.24, 2.45) is 0 Å². The lowest BCUT2D eigenvalue weighted by molar-refractivity contribution is -0.116. The van der Waals surface area contributed by atoms with Gasteiger partial charge in [-0.25, -0.2) is 0 Å². The summed E-state index contributed by atoms with van der Waals surface area (Å²) in [6, 6.07) is 17.9. The monoisotopic (exact) mass is 343 g/mol. The Balaban J connectivity index is 1.72. The summed E-state index contributed by atoms with van der Waals surface area (Å²) in [7, 11) is 0. The Hall–Kier alpha value is -1.65. The zero-order valence-corrected chi connectivity index (χ0v) is 12.9. The summed E-state index contributed by atoms with van der Waals surface area (Å²) >= 11 is 3.68. The zero-order chi connectivity index (χ0) is 14.4. The van der Waals surface area contributed by atoms with Gasteiger partial charge >= 0.3 is 0 Å². The number of halogens is 1. The van der Waals surface area contributed by atoms with Gasteiger partial charge in [0.2, 0.25) is 0 Å². The van der Waals surface area contributed by atoms with Gasteiger partial charge in [-0.1, -0.05) is 64.5 Å². The quantitative estimate of drug-likeness (QED) is 0.739. The van der Waals surface area contributed by atoms with Crippen LogP contribution < -0.4 is 0 Å². The molecule has 0 saturated carbocycles. The summed E-state index contributed by atoms with van der Waals surface area (Å²) in [6.07, 6.45) is -0.320. The zero-order valence-electron chi connectivity index (χ0n) is 11.3. The smallest absolute Gasteiger partial charge is 0.256 e. The third kappa shape index (κ3) is 2.01. The summed E-state index contributed by atoms with van der Waals surface area (Å²) in [4.78, 5) is 14.3. The molecular formula is C17H14BrNO2. The molecular weight excluding hydrogens is 330 g/mol. The molecule has 2 aliphatic heterocycles. The summed E-state index contributed by atoms with van der Waals surface area (Å²) in [5.74, 6) is 0.0616. The molecule has 1 amide bonds. The van der Waals surface area contributed by atoms with E-state index in [0.29, 0.717) is 6.54 Å². The number of hydrogen-bond donors (Lipinski definition) is 0. The Bertz CT molecular complexity index is 688. The third-order valence-electron chi connectivity index (χ3n) is 4.10. The first-order valence-electron chi connectivity index (χ1n) is 7.00. The molecule has 21 heavy (non-hydrogen) atoms. The van der Waals surface area contributed by atoms with Crippen LogP contribution in [0, 0.1) is 0 Å². The number of nitrogens with zero attached hydrogens (tertiary/aromatic N) is 1. The fraction of sp³-hybridized carbons (Fsp3) is 0.235. The molecule has 3 atom stereocenters. The van der Waals surface area contributed by atoms with Crippen molar-refractivity contribution in [1.82, 2.24) is 4.90 Å². The van der Waals surface area contributed by atoms with Gasteiger partial charge in [-0.15, -0.1) is 0 Å². The first-order valence-corrected chi connectivity index (χ1v) is 7.91. The van der Waals surface area contributed by atoms with Gasteiger partial charge in [0, 0.05) is 17.7 Å². The van der Waals surface area contributed by atoms with E-state index in [2.05, 4.69) is 28.1 Å². The average molecular weight is 344 g/mol. The molecule has 0 unspecified atom stereocenters. The second-order valence-electron chi connectivity index (χ2n) is 5.38. The summed E-state index contributed by atoms with van der Waals surface area (Å²) in [5.41, 5.74) is 2.87. The second-order valence-corrected chi connectivity index (χ2v) is 6.56. The fourth-order valence-electron chi connectivity index (χ4n) is 3.10. The van der Waals surface area contributed by atoms with E-state index < -0.39 is 0 Å². The minimum Gasteiger partial charge on any atom is -0.345 e. The lowest BCUT2D eigenvalue weighted by atomic mass is 10.0. The van der Waals surface area contributed by atoms with Crippen molar-refractivity contribution >= 4 is 21.8 Å². The summed E-state index contributed by atoms with van der Waals surface area (Å²) in [5, 5.41) is 0. The lowest BCUT2D eigenvalue weighted by Crippen LogP contribution is -2.43. The summed E-state index contributed by atoms with van der Waals surface area (Å²) < 4.78 is 6.26. The maximum absolute atomic E-state index is 12.4. The Morgan fingerprint density at radius 1 is 1.05 bits per heavy atom. The van der Waals surface area contributed by atoms with E-state index in [-0.39, 0.29) is 23.1 Å². The molecule has 1 fully saturated rings. The number of alkyl halides is 1. The second kappa shape index (κ2) is 4.97. The van der Waals surface area contributed by atoms with Crippen LogP contribution in [0.5, 0.6) is 0 Å². The van der Waals surface area contributed by atoms with E-state index in [4.69, 9.17) is 4.74 Å². The van der Waals surface area contributed by atoms with Crippen molar-refractivity contribution < 1.29 is 9.53 Å². The fourth-order valence-corrected chi connectivity index (χ4v) is 3.84. The van der Waals surface area contributed by atoms with Crippen LogP contribution in [-0.2, 0) is 4.74 Å². The molecule has 3 nitrogen and oxygen atoms in total. The van der Waals surface area contributed by atoms with Crippen molar-refractivity contribution in [2.45, 2.75) is 17.2 Å². The SMILES string of the molecule is O=C1c2ccccc2[C@H]2O[C@@H](c3ccccc3)[C@H](Br)CN12. The molecule has 0 aliphatic carbocycles. The van der Waals surface area contributed by atoms with Gasteiger partial charge in [-0.3, -0.25) is 4.79 Å². The van der Waals surface area contributed by atoms with E-state index in [1.807, 2.05) is 47.4 Å². The minimum atomic E-state index is -0.271. The Morgan fingerprint density at radius 3 is 2.57 bits per heavy atom. The van der Waals surface area contributed by atoms with Crippen LogP contribution in [0.2, 0.25) is 0 Å². The van der Waals surface area contributed by atoms with Crippen LogP contribution >= 0.6 is 15.9 Å². The van der Waals surface area contributed by atoms with Crippen LogP contribution in [0.4, 0.5) is 0 Å². The van der Waals surface area contributed by atoms with E-state index in [9.17, 15) is 4.79 Å². The highest BCUT2D eigenvalue weighted by molar-refractivity contribution is 9.09. The van der Waals surface area contributed by atoms with Crippen LogP contribution in [0.25, 0.3) is 0 Å². The third-order valence-corrected chi connectivity index (χ3v) is 4.87. The lowest BCUT2D eigenvalue weighted by Gasteiger charge is -2.39. The van der Waals surface area contributed by atoms with Crippen molar-refractivity contribution in [2.75, 3.05) is 6.54 Å². The van der Waals surface area contributed by atoms with Crippen LogP contribution in [-0.4, -0.2) is 22.2 Å². The molecule has 2 heterocycles. The normalized spacial score (nSPS) is 27.4. The predicted molar refractivity (Wildman–Crippen MR) is 83.2 cm³/mol. The number of amides is 1. The largest absolute Gasteiger partial charge is 0.345 e. The molecule has 1 saturated heterocycles. The maximum atomic E-state index is 12.4. The molecule has 2 aromatic carbocycles. The van der Waals surface area contributed by atoms with Gasteiger partial charge in [-0.2, -0.15) is 0 Å². The topological polar surface area (TPSA) is 29.5 Å². The van der Waals surface area contributed by atoms with E-state index in [0.717, 1.165) is 16.7 Å². The average Bonchev–Trinajstić information content (AvgIpc) is 2.80. The van der Waals surface area contributed by atoms with Gasteiger partial charge < -0.3 is 9.64 Å². The molecule has 2 aromatic rings. The van der Waals surface area contributed by atoms with Gasteiger partial charge in [0.1, 0.15) is 0 Å². The number of hydrogen-bond acceptors (Lipinski definition) is 2. The maximum Gasteiger partial charge on any atom is 0.256 e. The van der Waals surface area contributed by atoms with Crippen LogP contribution in [0.3, 0.4) is 0 Å². The van der Waals surface area contributed by atoms with E-state index in [1.165, 1.54) is 0 Å². The molecule has 2 aliphatic rings. The van der Waals surface area contributed by atoms with Crippen LogP contribution in [0.15, 0.2) is 54.6 Å². The van der Waals surface area contributed by atoms with E-state index in [1.54, 1.807) is 0 Å². The first-order chi connectivity index (χ1) is 10.3. The van der Waals surface area contributed by atoms with E-state index >= 15 is 0 Å². The Labute approximate surface area is 131 Å². The molecule has 0 N–H and O–H groups in total. The molecule has 4 heteroatoms. The first kappa shape index (κ1) is 13.0. The molecule has 106 valence electrons. The number of carbonyl (C=O) groups excluding carboxylic acids is 1. The highest BCUT2D eigenvalue weighted by atomic mass is 79.9. The van der Waals surface area contributed by atoms with Crippen molar-refractivity contribution in [3.05, 3.63) is 71.3 Å². The molecule has 0 spiro atoms. The number of ether oxygens (including phenoxy) is 1. The molecule has 4 rings (SSSR count). The van der Waals surface area contributed by atoms with Crippen LogP contribution in [0.1, 0.15) is 33.8 Å². The van der Waals surface area contributed by atoms with Gasteiger partial charge in [0.15, 0.2) is 6.23 Å². The predicted octanol–water partition coefficient (Wildman–Crippen LogP) is 3.68. The highest BCUT2D eigenvalue weighted by Crippen LogP contribution is 2.44. The summed E-state index contributed by atoms with van der Waals surface area (Å²) in [6.45, 7) is 0.651. The van der Waals surface area contributed by atoms with Gasteiger partial charge in [-0.05, 0) is 11.6 Å². The van der Waals surface area contributed by atoms with Gasteiger partial charge in [0.05, 0.1) is 10.9 Å². The van der Waals surface area contributed by atoms with Crippen molar-refractivity contribution in [1.29, 1.82) is 0 Å². The van der Waals surface area contributed by atoms with Crippen molar-refractivity contribution in [3.63, 3.8) is 0 Å². The highest BCUT2D eigenvalue weighted by Gasteiger charge is 2.44. The molecule has 0 aromatic heterocycles. The molecule has 0 bridgehead atoms. The minimum absolute atomic E-state index is 0.0496. The Kier molecular flexibility index (Phi) is 3.08. The standard InChI is InChI=1S/C17H14BrNO2/c18-14-10-19-16(20)12-8-4-5-9-13(12)17(19)21-15(14)11-6-2-1-3-7-11/h1-9,14-15,17H,10H2/t14-,15+,17-/m1/s1.